The van der Waals surface area contributed by atoms with Crippen LogP contribution >= 0.6 is 11.3 Å². The van der Waals surface area contributed by atoms with Gasteiger partial charge in [0.25, 0.3) is 0 Å². The van der Waals surface area contributed by atoms with E-state index < -0.39 is 5.82 Å². The third-order valence-electron chi connectivity index (χ3n) is 2.99. The molecule has 0 amide bonds. The van der Waals surface area contributed by atoms with E-state index >= 15 is 0 Å². The number of benzene rings is 1. The minimum Gasteiger partial charge on any atom is -0.305 e. The molecular weight excluding hydrogens is 259 g/mol. The molecule has 0 fully saturated rings. The second-order valence-corrected chi connectivity index (χ2v) is 5.76. The first-order chi connectivity index (χ1) is 9.11. The Hall–Kier alpha value is -1.70. The normalized spacial score (nSPS) is 12.1. The van der Waals surface area contributed by atoms with Crippen molar-refractivity contribution in [2.45, 2.75) is 26.4 Å². The van der Waals surface area contributed by atoms with Gasteiger partial charge in [0.2, 0.25) is 0 Å². The largest absolute Gasteiger partial charge is 0.305 e. The van der Waals surface area contributed by atoms with Crippen LogP contribution in [0.25, 0.3) is 0 Å². The number of aryl methyl sites for hydroxylation is 1. The maximum atomic E-state index is 13.9. The summed E-state index contributed by atoms with van der Waals surface area (Å²) < 4.78 is 13.9. The second kappa shape index (κ2) is 5.96. The molecule has 2 rings (SSSR count). The molecule has 0 saturated carbocycles. The van der Waals surface area contributed by atoms with E-state index in [0.717, 1.165) is 0 Å². The van der Waals surface area contributed by atoms with E-state index in [0.29, 0.717) is 12.1 Å². The van der Waals surface area contributed by atoms with Crippen LogP contribution in [0.3, 0.4) is 0 Å². The van der Waals surface area contributed by atoms with Gasteiger partial charge in [0.1, 0.15) is 11.9 Å². The second-order valence-electron chi connectivity index (χ2n) is 4.44. The quantitative estimate of drug-likeness (QED) is 0.917. The Kier molecular flexibility index (Phi) is 4.31. The molecule has 0 saturated heterocycles. The number of nitriles is 1. The number of nitrogens with zero attached hydrogens (tertiary/aromatic N) is 1. The van der Waals surface area contributed by atoms with Gasteiger partial charge >= 0.3 is 0 Å². The standard InChI is InChI=1S/C15H15FN2S/c1-10-6-7-14(19-10)11(2)18-9-13-5-3-4-12(8-17)15(13)16/h3-7,11,18H,9H2,1-2H3. The third kappa shape index (κ3) is 3.19. The van der Waals surface area contributed by atoms with E-state index in [-0.39, 0.29) is 11.6 Å². The number of halogens is 1. The third-order valence-corrected chi connectivity index (χ3v) is 4.17. The predicted molar refractivity (Wildman–Crippen MR) is 75.4 cm³/mol. The van der Waals surface area contributed by atoms with E-state index in [2.05, 4.69) is 31.3 Å². The molecule has 0 aliphatic heterocycles. The highest BCUT2D eigenvalue weighted by Crippen LogP contribution is 2.23. The summed E-state index contributed by atoms with van der Waals surface area (Å²) in [6.07, 6.45) is 0. The fourth-order valence-corrected chi connectivity index (χ4v) is 2.76. The molecule has 0 aliphatic carbocycles. The summed E-state index contributed by atoms with van der Waals surface area (Å²) in [6.45, 7) is 4.54. The fourth-order valence-electron chi connectivity index (χ4n) is 1.85. The first-order valence-corrected chi connectivity index (χ1v) is 6.90. The highest BCUT2D eigenvalue weighted by molar-refractivity contribution is 7.12. The lowest BCUT2D eigenvalue weighted by atomic mass is 10.1. The molecule has 0 radical (unpaired) electrons. The van der Waals surface area contributed by atoms with Gasteiger partial charge in [-0.1, -0.05) is 12.1 Å². The predicted octanol–water partition coefficient (Wildman–Crippen LogP) is 3.92. The molecule has 1 unspecified atom stereocenters. The van der Waals surface area contributed by atoms with Gasteiger partial charge in [0.05, 0.1) is 5.56 Å². The molecule has 4 heteroatoms. The Morgan fingerprint density at radius 2 is 2.16 bits per heavy atom. The maximum Gasteiger partial charge on any atom is 0.145 e. The highest BCUT2D eigenvalue weighted by Gasteiger charge is 2.10. The monoisotopic (exact) mass is 274 g/mol. The molecule has 98 valence electrons. The van der Waals surface area contributed by atoms with Crippen molar-refractivity contribution in [3.05, 3.63) is 57.0 Å². The van der Waals surface area contributed by atoms with Gasteiger partial charge in [-0.2, -0.15) is 5.26 Å². The average Bonchev–Trinajstić information content (AvgIpc) is 2.84. The molecule has 19 heavy (non-hydrogen) atoms. The zero-order valence-corrected chi connectivity index (χ0v) is 11.7. The number of thiophene rings is 1. The van der Waals surface area contributed by atoms with E-state index in [1.807, 2.05) is 6.07 Å². The summed E-state index contributed by atoms with van der Waals surface area (Å²) in [4.78, 5) is 2.50. The van der Waals surface area contributed by atoms with Gasteiger partial charge in [-0.05, 0) is 32.0 Å². The van der Waals surface area contributed by atoms with Crippen LogP contribution in [-0.2, 0) is 6.54 Å². The summed E-state index contributed by atoms with van der Waals surface area (Å²) in [7, 11) is 0. The van der Waals surface area contributed by atoms with Crippen molar-refractivity contribution in [1.82, 2.24) is 5.32 Å². The lowest BCUT2D eigenvalue weighted by molar-refractivity contribution is 0.547. The van der Waals surface area contributed by atoms with Gasteiger partial charge < -0.3 is 5.32 Å². The SMILES string of the molecule is Cc1ccc(C(C)NCc2cccc(C#N)c2F)s1. The fraction of sp³-hybridized carbons (Fsp3) is 0.267. The average molecular weight is 274 g/mol. The summed E-state index contributed by atoms with van der Waals surface area (Å²) in [5.74, 6) is -0.424. The zero-order valence-electron chi connectivity index (χ0n) is 10.9. The molecule has 1 atom stereocenters. The minimum absolute atomic E-state index is 0.0962. The Labute approximate surface area is 116 Å². The van der Waals surface area contributed by atoms with Gasteiger partial charge in [0.15, 0.2) is 0 Å². The molecule has 0 aliphatic rings. The van der Waals surface area contributed by atoms with Crippen LogP contribution in [0.2, 0.25) is 0 Å². The number of hydrogen-bond donors (Lipinski definition) is 1. The van der Waals surface area contributed by atoms with Crippen molar-refractivity contribution in [3.8, 4) is 6.07 Å². The van der Waals surface area contributed by atoms with Crippen molar-refractivity contribution in [3.63, 3.8) is 0 Å². The first kappa shape index (κ1) is 13.7. The topological polar surface area (TPSA) is 35.8 Å². The van der Waals surface area contributed by atoms with Crippen LogP contribution in [0.5, 0.6) is 0 Å². The van der Waals surface area contributed by atoms with E-state index in [1.54, 1.807) is 23.5 Å². The van der Waals surface area contributed by atoms with Gasteiger partial charge in [0, 0.05) is 27.9 Å². The maximum absolute atomic E-state index is 13.9. The van der Waals surface area contributed by atoms with Crippen LogP contribution < -0.4 is 5.32 Å². The van der Waals surface area contributed by atoms with Crippen LogP contribution in [0.4, 0.5) is 4.39 Å². The molecule has 0 bridgehead atoms. The van der Waals surface area contributed by atoms with Crippen LogP contribution in [-0.4, -0.2) is 0 Å². The zero-order chi connectivity index (χ0) is 13.8. The molecule has 1 aromatic heterocycles. The van der Waals surface area contributed by atoms with E-state index in [9.17, 15) is 4.39 Å². The van der Waals surface area contributed by atoms with Crippen molar-refractivity contribution < 1.29 is 4.39 Å². The van der Waals surface area contributed by atoms with Gasteiger partial charge in [-0.25, -0.2) is 4.39 Å². The highest BCUT2D eigenvalue weighted by atomic mass is 32.1. The molecule has 1 N–H and O–H groups in total. The summed E-state index contributed by atoms with van der Waals surface area (Å²) >= 11 is 1.73. The van der Waals surface area contributed by atoms with Crippen molar-refractivity contribution in [1.29, 1.82) is 5.26 Å². The van der Waals surface area contributed by atoms with E-state index in [1.165, 1.54) is 15.8 Å². The minimum atomic E-state index is -0.424. The Balaban J connectivity index is 2.05. The van der Waals surface area contributed by atoms with E-state index in [4.69, 9.17) is 5.26 Å². The first-order valence-electron chi connectivity index (χ1n) is 6.09. The van der Waals surface area contributed by atoms with Crippen LogP contribution in [0.1, 0.15) is 33.8 Å². The Morgan fingerprint density at radius 3 is 2.79 bits per heavy atom. The van der Waals surface area contributed by atoms with Crippen LogP contribution in [0, 0.1) is 24.1 Å². The van der Waals surface area contributed by atoms with Crippen LogP contribution in [0.15, 0.2) is 30.3 Å². The Morgan fingerprint density at radius 1 is 1.37 bits per heavy atom. The number of nitrogens with one attached hydrogen (secondary N) is 1. The lowest BCUT2D eigenvalue weighted by Crippen LogP contribution is -2.18. The smallest absolute Gasteiger partial charge is 0.145 e. The van der Waals surface area contributed by atoms with Gasteiger partial charge in [-0.3, -0.25) is 0 Å². The Bertz CT molecular complexity index is 613. The summed E-state index contributed by atoms with van der Waals surface area (Å²) in [5, 5.41) is 12.1. The number of hydrogen-bond acceptors (Lipinski definition) is 3. The molecule has 0 spiro atoms. The van der Waals surface area contributed by atoms with Crippen molar-refractivity contribution >= 4 is 11.3 Å². The molecule has 1 aromatic carbocycles. The number of rotatable bonds is 4. The summed E-state index contributed by atoms with van der Waals surface area (Å²) in [6, 6.07) is 11.1. The van der Waals surface area contributed by atoms with Crippen molar-refractivity contribution in [2.24, 2.45) is 0 Å². The van der Waals surface area contributed by atoms with Crippen molar-refractivity contribution in [2.75, 3.05) is 0 Å². The molecule has 2 aromatic rings. The molecular formula is C15H15FN2S. The summed E-state index contributed by atoms with van der Waals surface area (Å²) in [5.41, 5.74) is 0.623. The lowest BCUT2D eigenvalue weighted by Gasteiger charge is -2.12. The molecule has 1 heterocycles. The van der Waals surface area contributed by atoms with Gasteiger partial charge in [-0.15, -0.1) is 11.3 Å². The molecule has 2 nitrogen and oxygen atoms in total.